The standard InChI is InChI=1S/C15H19NO3/c1-2-6-13(11-15(18)19)16-14(17)10-9-12-7-4-3-5-8-12/h3-5,7-10,13H,2,6,11H2,1H3,(H,16,17)(H,18,19)/b10-9+. The molecule has 4 nitrogen and oxygen atoms in total. The van der Waals surface area contributed by atoms with Gasteiger partial charge < -0.3 is 10.4 Å². The Balaban J connectivity index is 2.52. The average molecular weight is 261 g/mol. The van der Waals surface area contributed by atoms with Gasteiger partial charge in [-0.15, -0.1) is 0 Å². The van der Waals surface area contributed by atoms with E-state index in [2.05, 4.69) is 5.32 Å². The van der Waals surface area contributed by atoms with Gasteiger partial charge in [0.25, 0.3) is 0 Å². The first kappa shape index (κ1) is 15.0. The molecule has 102 valence electrons. The number of hydrogen-bond acceptors (Lipinski definition) is 2. The minimum Gasteiger partial charge on any atom is -0.481 e. The number of aliphatic carboxylic acids is 1. The van der Waals surface area contributed by atoms with Crippen molar-refractivity contribution in [1.82, 2.24) is 5.32 Å². The van der Waals surface area contributed by atoms with Crippen molar-refractivity contribution in [3.05, 3.63) is 42.0 Å². The molecule has 0 saturated heterocycles. The highest BCUT2D eigenvalue weighted by atomic mass is 16.4. The lowest BCUT2D eigenvalue weighted by Gasteiger charge is -2.14. The van der Waals surface area contributed by atoms with Crippen LogP contribution in [0.15, 0.2) is 36.4 Å². The summed E-state index contributed by atoms with van der Waals surface area (Å²) in [7, 11) is 0. The normalized spacial score (nSPS) is 12.3. The van der Waals surface area contributed by atoms with E-state index in [0.717, 1.165) is 12.0 Å². The van der Waals surface area contributed by atoms with Gasteiger partial charge in [0.15, 0.2) is 0 Å². The molecule has 1 amide bonds. The van der Waals surface area contributed by atoms with Gasteiger partial charge in [-0.05, 0) is 18.1 Å². The number of hydrogen-bond donors (Lipinski definition) is 2. The molecule has 0 aromatic heterocycles. The molecule has 0 bridgehead atoms. The Kier molecular flexibility index (Phi) is 6.36. The molecule has 2 N–H and O–H groups in total. The molecule has 0 fully saturated rings. The molecule has 0 saturated carbocycles. The molecule has 19 heavy (non-hydrogen) atoms. The zero-order valence-corrected chi connectivity index (χ0v) is 11.0. The second kappa shape index (κ2) is 8.08. The first-order valence-electron chi connectivity index (χ1n) is 6.37. The maximum Gasteiger partial charge on any atom is 0.305 e. The fraction of sp³-hybridized carbons (Fsp3) is 0.333. The lowest BCUT2D eigenvalue weighted by atomic mass is 10.1. The Morgan fingerprint density at radius 1 is 1.32 bits per heavy atom. The summed E-state index contributed by atoms with van der Waals surface area (Å²) >= 11 is 0. The van der Waals surface area contributed by atoms with Crippen LogP contribution in [0.3, 0.4) is 0 Å². The molecule has 0 heterocycles. The Labute approximate surface area is 113 Å². The maximum absolute atomic E-state index is 11.7. The first-order valence-corrected chi connectivity index (χ1v) is 6.37. The van der Waals surface area contributed by atoms with Crippen molar-refractivity contribution < 1.29 is 14.7 Å². The smallest absolute Gasteiger partial charge is 0.305 e. The van der Waals surface area contributed by atoms with Gasteiger partial charge in [0.2, 0.25) is 5.91 Å². The van der Waals surface area contributed by atoms with E-state index < -0.39 is 5.97 Å². The quantitative estimate of drug-likeness (QED) is 0.741. The fourth-order valence-electron chi connectivity index (χ4n) is 1.77. The van der Waals surface area contributed by atoms with Crippen LogP contribution in [0.1, 0.15) is 31.7 Å². The molecule has 1 rings (SSSR count). The third-order valence-electron chi connectivity index (χ3n) is 2.63. The largest absolute Gasteiger partial charge is 0.481 e. The summed E-state index contributed by atoms with van der Waals surface area (Å²) in [6.45, 7) is 1.96. The van der Waals surface area contributed by atoms with Crippen molar-refractivity contribution in [3.8, 4) is 0 Å². The van der Waals surface area contributed by atoms with Gasteiger partial charge >= 0.3 is 5.97 Å². The lowest BCUT2D eigenvalue weighted by Crippen LogP contribution is -2.35. The summed E-state index contributed by atoms with van der Waals surface area (Å²) in [6, 6.07) is 9.16. The van der Waals surface area contributed by atoms with Crippen LogP contribution in [0.5, 0.6) is 0 Å². The van der Waals surface area contributed by atoms with E-state index in [4.69, 9.17) is 5.11 Å². The highest BCUT2D eigenvalue weighted by Crippen LogP contribution is 2.03. The van der Waals surface area contributed by atoms with E-state index in [0.29, 0.717) is 6.42 Å². The van der Waals surface area contributed by atoms with E-state index in [9.17, 15) is 9.59 Å². The van der Waals surface area contributed by atoms with Crippen LogP contribution in [0.2, 0.25) is 0 Å². The van der Waals surface area contributed by atoms with Crippen LogP contribution < -0.4 is 5.32 Å². The number of benzene rings is 1. The van der Waals surface area contributed by atoms with Crippen LogP contribution in [0.25, 0.3) is 6.08 Å². The average Bonchev–Trinajstić information content (AvgIpc) is 2.37. The van der Waals surface area contributed by atoms with Gasteiger partial charge in [-0.2, -0.15) is 0 Å². The topological polar surface area (TPSA) is 66.4 Å². The second-order valence-electron chi connectivity index (χ2n) is 4.34. The molecule has 1 aromatic rings. The van der Waals surface area contributed by atoms with Crippen molar-refractivity contribution in [2.45, 2.75) is 32.2 Å². The van der Waals surface area contributed by atoms with Crippen molar-refractivity contribution in [2.24, 2.45) is 0 Å². The fourth-order valence-corrected chi connectivity index (χ4v) is 1.77. The third kappa shape index (κ3) is 6.41. The number of carbonyl (C=O) groups excluding carboxylic acids is 1. The minimum atomic E-state index is -0.897. The zero-order valence-electron chi connectivity index (χ0n) is 11.0. The number of nitrogens with one attached hydrogen (secondary N) is 1. The SMILES string of the molecule is CCCC(CC(=O)O)NC(=O)/C=C/c1ccccc1. The van der Waals surface area contributed by atoms with E-state index in [1.54, 1.807) is 6.08 Å². The van der Waals surface area contributed by atoms with Gasteiger partial charge in [-0.1, -0.05) is 43.7 Å². The van der Waals surface area contributed by atoms with Crippen LogP contribution in [0.4, 0.5) is 0 Å². The number of carboxylic acid groups (broad SMARTS) is 1. The first-order chi connectivity index (χ1) is 9.11. The number of amides is 1. The highest BCUT2D eigenvalue weighted by Gasteiger charge is 2.13. The van der Waals surface area contributed by atoms with Crippen LogP contribution >= 0.6 is 0 Å². The number of rotatable bonds is 7. The summed E-state index contributed by atoms with van der Waals surface area (Å²) in [6.07, 6.45) is 4.59. The van der Waals surface area contributed by atoms with Crippen molar-refractivity contribution in [1.29, 1.82) is 0 Å². The molecular weight excluding hydrogens is 242 g/mol. The van der Waals surface area contributed by atoms with Crippen LogP contribution in [-0.2, 0) is 9.59 Å². The summed E-state index contributed by atoms with van der Waals surface area (Å²) in [5.41, 5.74) is 0.933. The molecule has 0 aliphatic rings. The number of carbonyl (C=O) groups is 2. The second-order valence-corrected chi connectivity index (χ2v) is 4.34. The van der Waals surface area contributed by atoms with Gasteiger partial charge in [-0.25, -0.2) is 0 Å². The van der Waals surface area contributed by atoms with Crippen LogP contribution in [-0.4, -0.2) is 23.0 Å². The van der Waals surface area contributed by atoms with Crippen molar-refractivity contribution in [2.75, 3.05) is 0 Å². The Morgan fingerprint density at radius 2 is 2.00 bits per heavy atom. The predicted octanol–water partition coefficient (Wildman–Crippen LogP) is 2.46. The monoisotopic (exact) mass is 261 g/mol. The van der Waals surface area contributed by atoms with Gasteiger partial charge in [0, 0.05) is 12.1 Å². The Morgan fingerprint density at radius 3 is 2.58 bits per heavy atom. The molecule has 0 aliphatic heterocycles. The Hall–Kier alpha value is -2.10. The van der Waals surface area contributed by atoms with E-state index >= 15 is 0 Å². The molecule has 0 spiro atoms. The third-order valence-corrected chi connectivity index (χ3v) is 2.63. The maximum atomic E-state index is 11.7. The highest BCUT2D eigenvalue weighted by molar-refractivity contribution is 5.92. The summed E-state index contributed by atoms with van der Waals surface area (Å²) < 4.78 is 0. The molecular formula is C15H19NO3. The van der Waals surface area contributed by atoms with Crippen molar-refractivity contribution >= 4 is 18.0 Å². The molecule has 0 aliphatic carbocycles. The summed E-state index contributed by atoms with van der Waals surface area (Å²) in [4.78, 5) is 22.4. The number of carboxylic acids is 1. The molecule has 1 aromatic carbocycles. The molecule has 4 heteroatoms. The van der Waals surface area contributed by atoms with Crippen LogP contribution in [0, 0.1) is 0 Å². The van der Waals surface area contributed by atoms with E-state index in [1.807, 2.05) is 37.3 Å². The van der Waals surface area contributed by atoms with Gasteiger partial charge in [0.1, 0.15) is 0 Å². The minimum absolute atomic E-state index is 0.0429. The summed E-state index contributed by atoms with van der Waals surface area (Å²) in [5.74, 6) is -1.16. The van der Waals surface area contributed by atoms with Gasteiger partial charge in [0.05, 0.1) is 6.42 Å². The Bertz CT molecular complexity index is 440. The van der Waals surface area contributed by atoms with E-state index in [-0.39, 0.29) is 18.4 Å². The molecule has 1 unspecified atom stereocenters. The predicted molar refractivity (Wildman–Crippen MR) is 74.6 cm³/mol. The lowest BCUT2D eigenvalue weighted by molar-refractivity contribution is -0.137. The van der Waals surface area contributed by atoms with Gasteiger partial charge in [-0.3, -0.25) is 9.59 Å². The van der Waals surface area contributed by atoms with E-state index in [1.165, 1.54) is 6.08 Å². The summed E-state index contributed by atoms with van der Waals surface area (Å²) in [5, 5.41) is 11.5. The zero-order chi connectivity index (χ0) is 14.1. The molecule has 0 radical (unpaired) electrons. The molecule has 1 atom stereocenters. The van der Waals surface area contributed by atoms with Crippen molar-refractivity contribution in [3.63, 3.8) is 0 Å².